The zero-order chi connectivity index (χ0) is 8.04. The summed E-state index contributed by atoms with van der Waals surface area (Å²) >= 11 is 0. The van der Waals surface area contributed by atoms with Crippen molar-refractivity contribution in [1.82, 2.24) is 0 Å². The quantitative estimate of drug-likeness (QED) is 0.547. The molecule has 0 unspecified atom stereocenters. The minimum absolute atomic E-state index is 0.310. The molecule has 0 bridgehead atoms. The summed E-state index contributed by atoms with van der Waals surface area (Å²) in [7, 11) is 0. The average Bonchev–Trinajstić information content (AvgIpc) is 1.84. The van der Waals surface area contributed by atoms with Gasteiger partial charge in [-0.15, -0.1) is 0 Å². The summed E-state index contributed by atoms with van der Waals surface area (Å²) in [5, 5.41) is 0. The highest BCUT2D eigenvalue weighted by atomic mass is 16.5. The van der Waals surface area contributed by atoms with Crippen molar-refractivity contribution in [2.75, 3.05) is 6.61 Å². The number of hydrogen-bond acceptors (Lipinski definition) is 2. The lowest BCUT2D eigenvalue weighted by molar-refractivity contribution is -0.00134. The molecule has 2 nitrogen and oxygen atoms in total. The van der Waals surface area contributed by atoms with Gasteiger partial charge in [0.05, 0.1) is 12.5 Å². The van der Waals surface area contributed by atoms with Crippen LogP contribution in [-0.4, -0.2) is 12.2 Å². The number of ether oxygens (including phenoxy) is 2. The minimum Gasteiger partial charge on any atom is -0.498 e. The van der Waals surface area contributed by atoms with Gasteiger partial charge in [0.15, 0.2) is 0 Å². The van der Waals surface area contributed by atoms with Gasteiger partial charge in [-0.2, -0.15) is 0 Å². The molecule has 0 atom stereocenters. The molecule has 0 fully saturated rings. The molecule has 0 aliphatic carbocycles. The van der Waals surface area contributed by atoms with E-state index >= 15 is 0 Å². The fraction of sp³-hybridized carbons (Fsp3) is 0.500. The van der Waals surface area contributed by atoms with Gasteiger partial charge in [0.25, 0.3) is 0 Å². The molecule has 0 saturated heterocycles. The first-order valence-corrected chi connectivity index (χ1v) is 3.13. The van der Waals surface area contributed by atoms with Crippen molar-refractivity contribution in [3.63, 3.8) is 0 Å². The van der Waals surface area contributed by atoms with Crippen molar-refractivity contribution >= 4 is 0 Å². The lowest BCUT2D eigenvalue weighted by Crippen LogP contribution is -2.27. The van der Waals surface area contributed by atoms with Gasteiger partial charge in [-0.25, -0.2) is 0 Å². The first kappa shape index (κ1) is 9.08. The first-order valence-electron chi connectivity index (χ1n) is 3.13. The number of rotatable bonds is 5. The summed E-state index contributed by atoms with van der Waals surface area (Å²) in [5.74, 6) is 0. The molecule has 0 saturated carbocycles. The van der Waals surface area contributed by atoms with Crippen LogP contribution in [0, 0.1) is 0 Å². The highest BCUT2D eigenvalue weighted by Crippen LogP contribution is 2.09. The summed E-state index contributed by atoms with van der Waals surface area (Å²) in [5.41, 5.74) is -0.310. The lowest BCUT2D eigenvalue weighted by Gasteiger charge is -2.22. The second kappa shape index (κ2) is 3.99. The molecule has 0 radical (unpaired) electrons. The maximum Gasteiger partial charge on any atom is 0.136 e. The van der Waals surface area contributed by atoms with E-state index in [4.69, 9.17) is 9.47 Å². The molecule has 0 aromatic heterocycles. The molecule has 0 rings (SSSR count). The molecule has 0 spiro atoms. The van der Waals surface area contributed by atoms with Gasteiger partial charge in [-0.05, 0) is 13.8 Å². The van der Waals surface area contributed by atoms with Crippen LogP contribution in [0.1, 0.15) is 13.8 Å². The highest BCUT2D eigenvalue weighted by molar-refractivity contribution is 4.72. The lowest BCUT2D eigenvalue weighted by atomic mass is 10.1. The molecule has 0 N–H and O–H groups in total. The molecule has 58 valence electrons. The predicted molar refractivity (Wildman–Crippen MR) is 41.5 cm³/mol. The molecule has 0 aliphatic rings. The van der Waals surface area contributed by atoms with Gasteiger partial charge < -0.3 is 9.47 Å². The summed E-state index contributed by atoms with van der Waals surface area (Å²) < 4.78 is 10.1. The van der Waals surface area contributed by atoms with E-state index in [2.05, 4.69) is 13.2 Å². The normalized spacial score (nSPS) is 10.2. The second-order valence-corrected chi connectivity index (χ2v) is 2.52. The van der Waals surface area contributed by atoms with Crippen LogP contribution in [0.4, 0.5) is 0 Å². The molecule has 0 aromatic rings. The van der Waals surface area contributed by atoms with Crippen molar-refractivity contribution in [2.24, 2.45) is 0 Å². The van der Waals surface area contributed by atoms with Crippen LogP contribution >= 0.6 is 0 Å². The third-order valence-corrected chi connectivity index (χ3v) is 0.951. The zero-order valence-electron chi connectivity index (χ0n) is 6.59. The Bertz CT molecular complexity index is 116. The Morgan fingerprint density at radius 1 is 1.30 bits per heavy atom. The fourth-order valence-electron chi connectivity index (χ4n) is 0.519. The van der Waals surface area contributed by atoms with E-state index in [9.17, 15) is 0 Å². The van der Waals surface area contributed by atoms with Crippen molar-refractivity contribution in [1.29, 1.82) is 0 Å². The van der Waals surface area contributed by atoms with E-state index in [1.165, 1.54) is 12.5 Å². The SMILES string of the molecule is C=COCC(C)(C)OC=C. The van der Waals surface area contributed by atoms with Gasteiger partial charge in [0.1, 0.15) is 12.2 Å². The molecule has 0 heterocycles. The average molecular weight is 142 g/mol. The Morgan fingerprint density at radius 2 is 1.90 bits per heavy atom. The smallest absolute Gasteiger partial charge is 0.136 e. The van der Waals surface area contributed by atoms with E-state index in [0.717, 1.165) is 0 Å². The Balaban J connectivity index is 3.61. The third-order valence-electron chi connectivity index (χ3n) is 0.951. The Hall–Kier alpha value is -0.920. The van der Waals surface area contributed by atoms with Gasteiger partial charge >= 0.3 is 0 Å². The van der Waals surface area contributed by atoms with Gasteiger partial charge in [0, 0.05) is 0 Å². The Morgan fingerprint density at radius 3 is 2.30 bits per heavy atom. The van der Waals surface area contributed by atoms with Crippen LogP contribution in [0.5, 0.6) is 0 Å². The third kappa shape index (κ3) is 4.01. The molecule has 0 aromatic carbocycles. The van der Waals surface area contributed by atoms with Crippen LogP contribution in [0.2, 0.25) is 0 Å². The van der Waals surface area contributed by atoms with Crippen molar-refractivity contribution in [3.05, 3.63) is 25.7 Å². The van der Waals surface area contributed by atoms with E-state index in [-0.39, 0.29) is 5.60 Å². The van der Waals surface area contributed by atoms with Crippen molar-refractivity contribution in [2.45, 2.75) is 19.4 Å². The Kier molecular flexibility index (Phi) is 3.62. The molecular weight excluding hydrogens is 128 g/mol. The standard InChI is InChI=1S/C8H14O2/c1-5-9-7-8(3,4)10-6-2/h5-6H,1-2,7H2,3-4H3. The highest BCUT2D eigenvalue weighted by Gasteiger charge is 2.17. The molecule has 0 amide bonds. The van der Waals surface area contributed by atoms with Crippen LogP contribution in [0.25, 0.3) is 0 Å². The molecule has 0 aliphatic heterocycles. The molecule has 10 heavy (non-hydrogen) atoms. The molecular formula is C8H14O2. The minimum atomic E-state index is -0.310. The first-order chi connectivity index (χ1) is 4.62. The van der Waals surface area contributed by atoms with Crippen molar-refractivity contribution in [3.8, 4) is 0 Å². The van der Waals surface area contributed by atoms with Gasteiger partial charge in [0.2, 0.25) is 0 Å². The molecule has 2 heteroatoms. The van der Waals surface area contributed by atoms with Gasteiger partial charge in [-0.3, -0.25) is 0 Å². The number of hydrogen-bond donors (Lipinski definition) is 0. The maximum atomic E-state index is 5.12. The zero-order valence-corrected chi connectivity index (χ0v) is 6.59. The van der Waals surface area contributed by atoms with Crippen molar-refractivity contribution < 1.29 is 9.47 Å². The van der Waals surface area contributed by atoms with Crippen LogP contribution in [0.3, 0.4) is 0 Å². The van der Waals surface area contributed by atoms with Crippen LogP contribution in [-0.2, 0) is 9.47 Å². The second-order valence-electron chi connectivity index (χ2n) is 2.52. The summed E-state index contributed by atoms with van der Waals surface area (Å²) in [4.78, 5) is 0. The monoisotopic (exact) mass is 142 g/mol. The summed E-state index contributed by atoms with van der Waals surface area (Å²) in [6.07, 6.45) is 2.81. The van der Waals surface area contributed by atoms with Crippen LogP contribution < -0.4 is 0 Å². The Labute approximate surface area is 62.1 Å². The van der Waals surface area contributed by atoms with E-state index in [1.807, 2.05) is 13.8 Å². The maximum absolute atomic E-state index is 5.12. The largest absolute Gasteiger partial charge is 0.498 e. The van der Waals surface area contributed by atoms with E-state index in [0.29, 0.717) is 6.61 Å². The van der Waals surface area contributed by atoms with E-state index < -0.39 is 0 Å². The summed E-state index contributed by atoms with van der Waals surface area (Å²) in [6.45, 7) is 11.2. The van der Waals surface area contributed by atoms with E-state index in [1.54, 1.807) is 0 Å². The fourth-order valence-corrected chi connectivity index (χ4v) is 0.519. The summed E-state index contributed by atoms with van der Waals surface area (Å²) in [6, 6.07) is 0. The van der Waals surface area contributed by atoms with Crippen LogP contribution in [0.15, 0.2) is 25.7 Å². The predicted octanol–water partition coefficient (Wildman–Crippen LogP) is 2.09. The topological polar surface area (TPSA) is 18.5 Å². The van der Waals surface area contributed by atoms with Gasteiger partial charge in [-0.1, -0.05) is 13.2 Å².